The van der Waals surface area contributed by atoms with E-state index in [0.29, 0.717) is 0 Å². The molecule has 1 N–H and O–H groups in total. The van der Waals surface area contributed by atoms with Gasteiger partial charge in [0.05, 0.1) is 0 Å². The number of para-hydroxylation sites is 1. The number of hydrogen-bond acceptors (Lipinski definition) is 2. The Morgan fingerprint density at radius 2 is 2.20 bits per heavy atom. The van der Waals surface area contributed by atoms with Crippen molar-refractivity contribution in [3.05, 3.63) is 29.8 Å². The Morgan fingerprint density at radius 3 is 3.10 bits per heavy atom. The van der Waals surface area contributed by atoms with Gasteiger partial charge in [-0.3, -0.25) is 0 Å². The number of nitrogens with one attached hydrogen (secondary N) is 1. The van der Waals surface area contributed by atoms with Crippen LogP contribution in [0.4, 0.5) is 5.69 Å². The van der Waals surface area contributed by atoms with Gasteiger partial charge in [-0.05, 0) is 18.1 Å². The lowest BCUT2D eigenvalue weighted by Gasteiger charge is -2.15. The zero-order chi connectivity index (χ0) is 6.81. The average molecular weight is 151 g/mol. The van der Waals surface area contributed by atoms with Gasteiger partial charge in [0.25, 0.3) is 0 Å². The molecule has 1 nitrogen and oxygen atoms in total. The average Bonchev–Trinajstić information content (AvgIpc) is 2.05. The minimum absolute atomic E-state index is 1.19. The van der Waals surface area contributed by atoms with Crippen LogP contribution in [0, 0.1) is 0 Å². The van der Waals surface area contributed by atoms with Gasteiger partial charge in [-0.2, -0.15) is 0 Å². The van der Waals surface area contributed by atoms with Gasteiger partial charge in [-0.15, -0.1) is 0 Å². The van der Waals surface area contributed by atoms with Crippen LogP contribution >= 0.6 is 11.9 Å². The van der Waals surface area contributed by atoms with Gasteiger partial charge in [0.2, 0.25) is 0 Å². The molecule has 2 rings (SSSR count). The van der Waals surface area contributed by atoms with Crippen LogP contribution in [0.5, 0.6) is 0 Å². The summed E-state index contributed by atoms with van der Waals surface area (Å²) in [7, 11) is 0. The van der Waals surface area contributed by atoms with Crippen molar-refractivity contribution in [3.63, 3.8) is 0 Å². The molecule has 1 aromatic rings. The van der Waals surface area contributed by atoms with E-state index in [0.717, 1.165) is 0 Å². The van der Waals surface area contributed by atoms with E-state index in [1.807, 2.05) is 0 Å². The predicted molar refractivity (Wildman–Crippen MR) is 46.2 cm³/mol. The molecular formula is C8H9NS. The van der Waals surface area contributed by atoms with Gasteiger partial charge >= 0.3 is 0 Å². The molecule has 0 bridgehead atoms. The summed E-state index contributed by atoms with van der Waals surface area (Å²) in [5.74, 6) is 1.19. The topological polar surface area (TPSA) is 12.0 Å². The zero-order valence-corrected chi connectivity index (χ0v) is 6.45. The van der Waals surface area contributed by atoms with Gasteiger partial charge in [0.15, 0.2) is 0 Å². The largest absolute Gasteiger partial charge is 0.329 e. The highest BCUT2D eigenvalue weighted by Crippen LogP contribution is 2.24. The fraction of sp³-hybridized carbons (Fsp3) is 0.250. The van der Waals surface area contributed by atoms with E-state index >= 15 is 0 Å². The Kier molecular flexibility index (Phi) is 1.55. The molecule has 0 aromatic heterocycles. The third-order valence-corrected chi connectivity index (χ3v) is 2.45. The quantitative estimate of drug-likeness (QED) is 0.571. The predicted octanol–water partition coefficient (Wildman–Crippen LogP) is 2.30. The third kappa shape index (κ3) is 0.991. The fourth-order valence-corrected chi connectivity index (χ4v) is 1.91. The molecule has 0 saturated carbocycles. The highest BCUT2D eigenvalue weighted by molar-refractivity contribution is 8.00. The van der Waals surface area contributed by atoms with Gasteiger partial charge in [0, 0.05) is 11.4 Å². The van der Waals surface area contributed by atoms with E-state index in [2.05, 4.69) is 29.0 Å². The highest BCUT2D eigenvalue weighted by atomic mass is 32.2. The Morgan fingerprint density at radius 1 is 1.30 bits per heavy atom. The molecule has 2 heteroatoms. The number of rotatable bonds is 0. The smallest absolute Gasteiger partial charge is 0.0472 e. The van der Waals surface area contributed by atoms with Crippen molar-refractivity contribution >= 4 is 17.6 Å². The lowest BCUT2D eigenvalue weighted by atomic mass is 10.1. The summed E-state index contributed by atoms with van der Waals surface area (Å²) in [6, 6.07) is 8.47. The second-order valence-corrected chi connectivity index (χ2v) is 3.26. The summed E-state index contributed by atoms with van der Waals surface area (Å²) >= 11 is 1.79. The molecule has 0 aliphatic carbocycles. The van der Waals surface area contributed by atoms with Gasteiger partial charge in [-0.25, -0.2) is 0 Å². The first-order valence-corrected chi connectivity index (χ1v) is 4.41. The van der Waals surface area contributed by atoms with Crippen LogP contribution in [0.3, 0.4) is 0 Å². The van der Waals surface area contributed by atoms with Crippen LogP contribution in [0.25, 0.3) is 0 Å². The van der Waals surface area contributed by atoms with Crippen molar-refractivity contribution in [2.45, 2.75) is 6.42 Å². The lowest BCUT2D eigenvalue weighted by Crippen LogP contribution is -2.03. The SMILES string of the molecule is c1ccc2c(c1)CCSN2. The highest BCUT2D eigenvalue weighted by Gasteiger charge is 2.05. The summed E-state index contributed by atoms with van der Waals surface area (Å²) in [6.45, 7) is 0. The van der Waals surface area contributed by atoms with Crippen LogP contribution < -0.4 is 4.72 Å². The molecule has 0 amide bonds. The van der Waals surface area contributed by atoms with Crippen molar-refractivity contribution in [1.82, 2.24) is 0 Å². The van der Waals surface area contributed by atoms with Crippen molar-refractivity contribution < 1.29 is 0 Å². The van der Waals surface area contributed by atoms with Gasteiger partial charge in [0.1, 0.15) is 0 Å². The molecule has 52 valence electrons. The van der Waals surface area contributed by atoms with Crippen LogP contribution in [0.15, 0.2) is 24.3 Å². The Labute approximate surface area is 65.0 Å². The monoisotopic (exact) mass is 151 g/mol. The van der Waals surface area contributed by atoms with Crippen molar-refractivity contribution in [3.8, 4) is 0 Å². The molecule has 1 aromatic carbocycles. The van der Waals surface area contributed by atoms with Crippen LogP contribution in [0.2, 0.25) is 0 Å². The third-order valence-electron chi connectivity index (χ3n) is 1.67. The molecule has 0 atom stereocenters. The summed E-state index contributed by atoms with van der Waals surface area (Å²) in [6.07, 6.45) is 1.20. The molecule has 0 fully saturated rings. The molecule has 0 unspecified atom stereocenters. The Hall–Kier alpha value is -0.630. The van der Waals surface area contributed by atoms with E-state index in [9.17, 15) is 0 Å². The van der Waals surface area contributed by atoms with Crippen molar-refractivity contribution in [2.75, 3.05) is 10.5 Å². The summed E-state index contributed by atoms with van der Waals surface area (Å²) in [5, 5.41) is 0. The number of aryl methyl sites for hydroxylation is 1. The molecule has 0 spiro atoms. The second-order valence-electron chi connectivity index (χ2n) is 2.36. The maximum Gasteiger partial charge on any atom is 0.0472 e. The summed E-state index contributed by atoms with van der Waals surface area (Å²) in [4.78, 5) is 0. The van der Waals surface area contributed by atoms with Crippen LogP contribution in [0.1, 0.15) is 5.56 Å². The van der Waals surface area contributed by atoms with E-state index in [1.165, 1.54) is 23.4 Å². The number of fused-ring (bicyclic) bond motifs is 1. The molecule has 1 heterocycles. The molecule has 10 heavy (non-hydrogen) atoms. The van der Waals surface area contributed by atoms with Crippen LogP contribution in [-0.2, 0) is 6.42 Å². The number of benzene rings is 1. The van der Waals surface area contributed by atoms with E-state index in [4.69, 9.17) is 0 Å². The van der Waals surface area contributed by atoms with E-state index in [-0.39, 0.29) is 0 Å². The molecule has 0 radical (unpaired) electrons. The number of hydrogen-bond donors (Lipinski definition) is 1. The Bertz CT molecular complexity index is 209. The first-order valence-electron chi connectivity index (χ1n) is 3.42. The minimum atomic E-state index is 1.19. The van der Waals surface area contributed by atoms with Crippen LogP contribution in [-0.4, -0.2) is 5.75 Å². The normalized spacial score (nSPS) is 15.6. The van der Waals surface area contributed by atoms with E-state index in [1.54, 1.807) is 11.9 Å². The zero-order valence-electron chi connectivity index (χ0n) is 5.63. The lowest BCUT2D eigenvalue weighted by molar-refractivity contribution is 1.15. The second kappa shape index (κ2) is 2.54. The Balaban J connectivity index is 2.41. The first-order chi connectivity index (χ1) is 4.97. The maximum absolute atomic E-state index is 3.28. The van der Waals surface area contributed by atoms with Crippen molar-refractivity contribution in [1.29, 1.82) is 0 Å². The van der Waals surface area contributed by atoms with Gasteiger partial charge < -0.3 is 4.72 Å². The maximum atomic E-state index is 3.28. The molecule has 0 saturated heterocycles. The number of anilines is 1. The summed E-state index contributed by atoms with van der Waals surface area (Å²) < 4.78 is 3.28. The van der Waals surface area contributed by atoms with Gasteiger partial charge in [-0.1, -0.05) is 30.1 Å². The molecule has 1 aliphatic heterocycles. The molecular weight excluding hydrogens is 142 g/mol. The standard InChI is InChI=1S/C8H9NS/c1-2-4-8-7(3-1)5-6-10-9-8/h1-4,9H,5-6H2. The van der Waals surface area contributed by atoms with Crippen molar-refractivity contribution in [2.24, 2.45) is 0 Å². The van der Waals surface area contributed by atoms with E-state index < -0.39 is 0 Å². The summed E-state index contributed by atoms with van der Waals surface area (Å²) in [5.41, 5.74) is 2.74. The minimum Gasteiger partial charge on any atom is -0.329 e. The molecule has 1 aliphatic rings. The fourth-order valence-electron chi connectivity index (χ4n) is 1.13. The first kappa shape index (κ1) is 6.10.